The van der Waals surface area contributed by atoms with Crippen molar-refractivity contribution in [2.75, 3.05) is 31.6 Å². The Bertz CT molecular complexity index is 1410. The number of halogens is 3. The highest BCUT2D eigenvalue weighted by atomic mass is 35.5. The zero-order chi connectivity index (χ0) is 28.4. The molecule has 2 amide bonds. The predicted molar refractivity (Wildman–Crippen MR) is 155 cm³/mol. The van der Waals surface area contributed by atoms with Gasteiger partial charge in [0.25, 0.3) is 0 Å². The molecule has 1 saturated heterocycles. The van der Waals surface area contributed by atoms with Gasteiger partial charge < -0.3 is 15.0 Å². The summed E-state index contributed by atoms with van der Waals surface area (Å²) < 4.78 is 20.1. The molecule has 0 saturated carbocycles. The number of carbonyl (C=O) groups is 2. The van der Waals surface area contributed by atoms with E-state index in [0.29, 0.717) is 66.7 Å². The molecule has 210 valence electrons. The molecule has 40 heavy (non-hydrogen) atoms. The van der Waals surface area contributed by atoms with Crippen LogP contribution in [0, 0.1) is 12.7 Å². The fourth-order valence-corrected chi connectivity index (χ4v) is 5.88. The summed E-state index contributed by atoms with van der Waals surface area (Å²) in [5, 5.41) is 3.93. The van der Waals surface area contributed by atoms with Crippen LogP contribution in [-0.2, 0) is 21.7 Å². The van der Waals surface area contributed by atoms with E-state index >= 15 is 0 Å². The molecule has 1 spiro atoms. The van der Waals surface area contributed by atoms with Gasteiger partial charge >= 0.3 is 6.09 Å². The maximum atomic E-state index is 14.2. The number of rotatable bonds is 7. The quantitative estimate of drug-likeness (QED) is 0.332. The molecule has 1 N–H and O–H groups in total. The van der Waals surface area contributed by atoms with E-state index in [1.165, 1.54) is 17.0 Å². The van der Waals surface area contributed by atoms with Crippen molar-refractivity contribution < 1.29 is 18.7 Å². The number of hydrogen-bond acceptors (Lipinski definition) is 4. The second kappa shape index (κ2) is 11.8. The minimum absolute atomic E-state index is 0.0823. The first-order valence-corrected chi connectivity index (χ1v) is 14.2. The van der Waals surface area contributed by atoms with Gasteiger partial charge in [0.1, 0.15) is 11.4 Å². The van der Waals surface area contributed by atoms with Crippen LogP contribution in [0.2, 0.25) is 10.0 Å². The van der Waals surface area contributed by atoms with Crippen LogP contribution in [0.4, 0.5) is 14.9 Å². The topological polar surface area (TPSA) is 61.9 Å². The fraction of sp³-hybridized carbons (Fsp3) is 0.355. The first kappa shape index (κ1) is 28.4. The molecular formula is C31H32Cl2FN3O3. The lowest BCUT2D eigenvalue weighted by atomic mass is 9.81. The van der Waals surface area contributed by atoms with Gasteiger partial charge in [0.15, 0.2) is 0 Å². The third-order valence-electron chi connectivity index (χ3n) is 8.01. The van der Waals surface area contributed by atoms with E-state index in [1.807, 2.05) is 37.3 Å². The first-order valence-electron chi connectivity index (χ1n) is 13.4. The van der Waals surface area contributed by atoms with Crippen LogP contribution in [0.3, 0.4) is 0 Å². The monoisotopic (exact) mass is 583 g/mol. The van der Waals surface area contributed by atoms with Gasteiger partial charge in [-0.15, -0.1) is 0 Å². The van der Waals surface area contributed by atoms with Crippen molar-refractivity contribution >= 4 is 40.9 Å². The lowest BCUT2D eigenvalue weighted by Crippen LogP contribution is -2.51. The van der Waals surface area contributed by atoms with Gasteiger partial charge in [-0.2, -0.15) is 0 Å². The third kappa shape index (κ3) is 5.97. The van der Waals surface area contributed by atoms with Crippen LogP contribution in [0.5, 0.6) is 0 Å². The summed E-state index contributed by atoms with van der Waals surface area (Å²) in [5.74, 6) is -0.860. The van der Waals surface area contributed by atoms with Crippen molar-refractivity contribution in [3.8, 4) is 0 Å². The van der Waals surface area contributed by atoms with Crippen molar-refractivity contribution in [2.45, 2.75) is 44.2 Å². The Morgan fingerprint density at radius 1 is 1.05 bits per heavy atom. The summed E-state index contributed by atoms with van der Waals surface area (Å²) in [7, 11) is 1.63. The third-order valence-corrected chi connectivity index (χ3v) is 8.75. The second-order valence-electron chi connectivity index (χ2n) is 10.6. The number of fused-ring (bicyclic) bond motifs is 2. The number of ether oxygens (including phenoxy) is 1. The van der Waals surface area contributed by atoms with E-state index in [4.69, 9.17) is 27.9 Å². The average Bonchev–Trinajstić information content (AvgIpc) is 2.94. The van der Waals surface area contributed by atoms with Gasteiger partial charge in [-0.25, -0.2) is 9.18 Å². The molecule has 0 aliphatic carbocycles. The van der Waals surface area contributed by atoms with E-state index in [-0.39, 0.29) is 11.7 Å². The van der Waals surface area contributed by atoms with Gasteiger partial charge in [-0.05, 0) is 61.3 Å². The smallest absolute Gasteiger partial charge is 0.414 e. The molecule has 1 fully saturated rings. The molecule has 3 aromatic carbocycles. The Morgan fingerprint density at radius 3 is 2.48 bits per heavy atom. The van der Waals surface area contributed by atoms with Crippen LogP contribution in [-0.4, -0.2) is 43.6 Å². The van der Waals surface area contributed by atoms with E-state index in [9.17, 15) is 14.0 Å². The van der Waals surface area contributed by atoms with Gasteiger partial charge in [0.2, 0.25) is 5.91 Å². The fourth-order valence-electron chi connectivity index (χ4n) is 5.57. The molecule has 1 atom stereocenters. The first-order chi connectivity index (χ1) is 19.1. The van der Waals surface area contributed by atoms with Crippen molar-refractivity contribution in [2.24, 2.45) is 0 Å². The van der Waals surface area contributed by atoms with E-state index < -0.39 is 17.6 Å². The second-order valence-corrected chi connectivity index (χ2v) is 11.5. The average molecular weight is 585 g/mol. The number of nitrogens with one attached hydrogen (secondary N) is 1. The SMILES string of the molecule is Cc1ccc(CNC(=O)C(CCN2CCC3(CC2)OC(=O)N(C)c2ccc(F)cc23)c2ccc(Cl)c(Cl)c2)cc1. The summed E-state index contributed by atoms with van der Waals surface area (Å²) >= 11 is 12.5. The number of anilines is 1. The molecule has 3 aromatic rings. The molecule has 1 unspecified atom stereocenters. The Labute approximate surface area is 244 Å². The predicted octanol–water partition coefficient (Wildman–Crippen LogP) is 6.81. The standard InChI is InChI=1S/C31H32Cl2FN3O3/c1-20-3-5-21(6-4-20)19-35-29(38)24(22-7-9-26(32)27(33)17-22)11-14-37-15-12-31(13-16-37)25-18-23(34)8-10-28(25)36(2)30(39)40-31/h3-10,17-18,24H,11-16,19H2,1-2H3,(H,35,38). The van der Waals surface area contributed by atoms with Crippen LogP contribution in [0.1, 0.15) is 47.4 Å². The van der Waals surface area contributed by atoms with E-state index in [1.54, 1.807) is 25.2 Å². The van der Waals surface area contributed by atoms with Gasteiger partial charge in [-0.1, -0.05) is 59.1 Å². The van der Waals surface area contributed by atoms with Gasteiger partial charge in [-0.3, -0.25) is 9.69 Å². The molecular weight excluding hydrogens is 552 g/mol. The van der Waals surface area contributed by atoms with Crippen molar-refractivity contribution in [1.82, 2.24) is 10.2 Å². The normalized spacial score (nSPS) is 17.3. The number of amides is 2. The van der Waals surface area contributed by atoms with Crippen LogP contribution in [0.15, 0.2) is 60.7 Å². The number of piperidine rings is 1. The molecule has 0 bridgehead atoms. The lowest BCUT2D eigenvalue weighted by molar-refractivity contribution is -0.123. The highest BCUT2D eigenvalue weighted by Gasteiger charge is 2.46. The zero-order valence-electron chi connectivity index (χ0n) is 22.6. The molecule has 2 heterocycles. The Balaban J connectivity index is 1.27. The van der Waals surface area contributed by atoms with E-state index in [2.05, 4.69) is 10.2 Å². The van der Waals surface area contributed by atoms with Crippen molar-refractivity contribution in [3.63, 3.8) is 0 Å². The van der Waals surface area contributed by atoms with Crippen molar-refractivity contribution in [1.29, 1.82) is 0 Å². The lowest BCUT2D eigenvalue weighted by Gasteiger charge is -2.46. The summed E-state index contributed by atoms with van der Waals surface area (Å²) in [4.78, 5) is 29.7. The van der Waals surface area contributed by atoms with Gasteiger partial charge in [0, 0.05) is 45.1 Å². The number of carbonyl (C=O) groups excluding carboxylic acids is 2. The van der Waals surface area contributed by atoms with Gasteiger partial charge in [0.05, 0.1) is 21.7 Å². The molecule has 2 aliphatic rings. The summed E-state index contributed by atoms with van der Waals surface area (Å²) in [6, 6.07) is 17.9. The molecule has 9 heteroatoms. The highest BCUT2D eigenvalue weighted by molar-refractivity contribution is 6.42. The minimum atomic E-state index is -0.855. The Kier molecular flexibility index (Phi) is 8.36. The van der Waals surface area contributed by atoms with Crippen molar-refractivity contribution in [3.05, 3.63) is 98.8 Å². The summed E-state index contributed by atoms with van der Waals surface area (Å²) in [6.45, 7) is 4.40. The minimum Gasteiger partial charge on any atom is -0.437 e. The molecule has 0 radical (unpaired) electrons. The van der Waals surface area contributed by atoms with E-state index in [0.717, 1.165) is 16.7 Å². The van der Waals surface area contributed by atoms with Crippen LogP contribution < -0.4 is 10.2 Å². The maximum Gasteiger partial charge on any atom is 0.414 e. The Hall–Kier alpha value is -3.13. The molecule has 5 rings (SSSR count). The Morgan fingerprint density at radius 2 is 1.77 bits per heavy atom. The maximum absolute atomic E-state index is 14.2. The highest BCUT2D eigenvalue weighted by Crippen LogP contribution is 2.45. The number of benzene rings is 3. The molecule has 6 nitrogen and oxygen atoms in total. The summed E-state index contributed by atoms with van der Waals surface area (Å²) in [6.07, 6.45) is 1.22. The summed E-state index contributed by atoms with van der Waals surface area (Å²) in [5.41, 5.74) is 3.52. The zero-order valence-corrected chi connectivity index (χ0v) is 24.1. The number of nitrogens with zero attached hydrogens (tertiary/aromatic N) is 2. The largest absolute Gasteiger partial charge is 0.437 e. The van der Waals surface area contributed by atoms with Crippen LogP contribution in [0.25, 0.3) is 0 Å². The van der Waals surface area contributed by atoms with Crippen LogP contribution >= 0.6 is 23.2 Å². The number of likely N-dealkylation sites (tertiary alicyclic amines) is 1. The number of hydrogen-bond donors (Lipinski definition) is 1. The molecule has 0 aromatic heterocycles. The number of aryl methyl sites for hydroxylation is 1. The molecule has 2 aliphatic heterocycles.